The number of aliphatic hydroxyl groups excluding tert-OH is 18. The summed E-state index contributed by atoms with van der Waals surface area (Å²) in [5.41, 5.74) is 0.758. The zero-order chi connectivity index (χ0) is 68.8. The molecule has 32 nitrogen and oxygen atoms in total. The number of ether oxygens (including phenoxy) is 13. The van der Waals surface area contributed by atoms with Crippen LogP contribution in [0.5, 0.6) is 0 Å². The van der Waals surface area contributed by atoms with Crippen LogP contribution >= 0.6 is 0 Å². The molecule has 10 fully saturated rings. The van der Waals surface area contributed by atoms with Gasteiger partial charge in [0.15, 0.2) is 43.5 Å². The SMILES string of the molecule is CC(CCC1(O)O[C@H]2C[C@H]3[C@@H]4CC=C5C[C@@H](O[C@@H]6O[C@H](CO)[C@@H](O[C@@H]7O[C@H](CO)[C@@H](O)[C@H](O[C@@H]8O[C@H](C)[C@@H](O)[C@H](O)[C@@H]8O)[C@H]7O[C@@H]7O[C@H](CO)[C@@H](O)[C@H](O)[C@H]7O)[C@H](O)[C@H]6O[C@@H]6O[C@H](C)[C@@H](O)[C@H](O)[C@@H]6O)CC[C@]5(C)[C@H]4CC[C@]3(C)[C@H]2[C@@H]1C)CO[C@@H]1O[C@H](CO)[C@@H](O)[C@H](O)[C@H]1O. The van der Waals surface area contributed by atoms with E-state index in [0.29, 0.717) is 38.0 Å². The van der Waals surface area contributed by atoms with Gasteiger partial charge in [-0.05, 0) is 106 Å². The summed E-state index contributed by atoms with van der Waals surface area (Å²) in [5, 5.41) is 207. The number of hydrogen-bond donors (Lipinski definition) is 19. The standard InChI is InChI=1S/C63H104O32/c1-22(21-83-55-46(77)44(75)39(70)32(17-64)87-55)9-14-63(82)23(2)36-31(95-63)16-30-28-8-7-26-15-27(10-12-61(26,5)29(28)11-13-62(30,36)6)86-59-53(93-57-48(79)43(74)38(69)25(4)85-57)50(81)51(35(20-67)90-59)91-60-54(94-58-49(80)45(76)40(71)33(18-65)88-58)52(41(72)34(19-66)89-60)92-56-47(78)42(73)37(68)24(3)84-56/h7,22-25,27-60,64-82H,8-21H2,1-6H3/t22?,23-,24+,25+,27-,28+,29-,30-,31-,32+,33+,34+,35+,36-,37+,38+,39+,40+,41+,42-,43-,44-,45-,46+,47-,48-,49+,50-,51+,52-,53+,54+,55+,56-,57-,58-,59+,60-,61-,62-,63?/m0/s1. The van der Waals surface area contributed by atoms with Crippen molar-refractivity contribution < 1.29 is 159 Å². The molecular formula is C63H104O32. The van der Waals surface area contributed by atoms with Crippen LogP contribution in [0, 0.1) is 46.3 Å². The summed E-state index contributed by atoms with van der Waals surface area (Å²) in [6, 6.07) is 0. The minimum absolute atomic E-state index is 0.0809. The van der Waals surface area contributed by atoms with Crippen molar-refractivity contribution in [3.63, 3.8) is 0 Å². The molecule has 7 aliphatic heterocycles. The van der Waals surface area contributed by atoms with Crippen LogP contribution in [-0.2, 0) is 61.6 Å². The highest BCUT2D eigenvalue weighted by atomic mass is 16.8. The highest BCUT2D eigenvalue weighted by Crippen LogP contribution is 2.70. The first-order valence-electron chi connectivity index (χ1n) is 33.8. The Morgan fingerprint density at radius 1 is 0.495 bits per heavy atom. The lowest BCUT2D eigenvalue weighted by molar-refractivity contribution is -0.412. The minimum Gasteiger partial charge on any atom is -0.394 e. The summed E-state index contributed by atoms with van der Waals surface area (Å²) in [5.74, 6) is -0.771. The van der Waals surface area contributed by atoms with Gasteiger partial charge in [0.05, 0.1) is 57.5 Å². The van der Waals surface area contributed by atoms with Crippen LogP contribution in [0.25, 0.3) is 0 Å². The minimum atomic E-state index is -2.10. The van der Waals surface area contributed by atoms with E-state index in [4.69, 9.17) is 61.6 Å². The quantitative estimate of drug-likeness (QED) is 0.0504. The summed E-state index contributed by atoms with van der Waals surface area (Å²) in [4.78, 5) is 0. The fourth-order valence-electron chi connectivity index (χ4n) is 17.9. The lowest BCUT2D eigenvalue weighted by Gasteiger charge is -2.58. The molecule has 0 aromatic heterocycles. The predicted octanol–water partition coefficient (Wildman–Crippen LogP) is -6.33. The molecule has 95 heavy (non-hydrogen) atoms. The summed E-state index contributed by atoms with van der Waals surface area (Å²) in [6.45, 7) is 8.15. The molecule has 11 rings (SSSR count). The fourth-order valence-corrected chi connectivity index (χ4v) is 17.9. The Labute approximate surface area is 549 Å². The van der Waals surface area contributed by atoms with E-state index in [1.54, 1.807) is 0 Å². The second-order valence-corrected chi connectivity index (χ2v) is 29.4. The Balaban J connectivity index is 0.796. The summed E-state index contributed by atoms with van der Waals surface area (Å²) in [6.07, 6.45) is -44.3. The van der Waals surface area contributed by atoms with Crippen LogP contribution in [0.1, 0.15) is 99.3 Å². The topological polar surface area (TPSA) is 504 Å². The first kappa shape index (κ1) is 74.6. The summed E-state index contributed by atoms with van der Waals surface area (Å²) < 4.78 is 79.7. The first-order valence-corrected chi connectivity index (χ1v) is 33.8. The van der Waals surface area contributed by atoms with Crippen LogP contribution in [0.4, 0.5) is 0 Å². The third-order valence-corrected chi connectivity index (χ3v) is 23.7. The van der Waals surface area contributed by atoms with Gasteiger partial charge in [-0.1, -0.05) is 39.3 Å². The average Bonchev–Trinajstić information content (AvgIpc) is 1.57. The highest BCUT2D eigenvalue weighted by Gasteiger charge is 2.68. The normalized spacial score (nSPS) is 55.2. The molecule has 0 amide bonds. The molecule has 3 saturated carbocycles. The van der Waals surface area contributed by atoms with Gasteiger partial charge in [0.25, 0.3) is 0 Å². The lowest BCUT2D eigenvalue weighted by atomic mass is 9.47. The molecule has 7 heterocycles. The molecule has 7 saturated heterocycles. The van der Waals surface area contributed by atoms with E-state index < -0.39 is 223 Å². The molecular weight excluding hydrogens is 1270 g/mol. The van der Waals surface area contributed by atoms with Crippen molar-refractivity contribution in [2.75, 3.05) is 33.0 Å². The lowest BCUT2D eigenvalue weighted by Crippen LogP contribution is -2.69. The van der Waals surface area contributed by atoms with Gasteiger partial charge in [0, 0.05) is 12.3 Å². The Morgan fingerprint density at radius 2 is 0.979 bits per heavy atom. The molecule has 19 N–H and O–H groups in total. The van der Waals surface area contributed by atoms with Gasteiger partial charge in [0.2, 0.25) is 0 Å². The van der Waals surface area contributed by atoms with Gasteiger partial charge in [-0.15, -0.1) is 0 Å². The molecule has 0 aromatic rings. The predicted molar refractivity (Wildman–Crippen MR) is 314 cm³/mol. The van der Waals surface area contributed by atoms with Gasteiger partial charge in [-0.2, -0.15) is 0 Å². The third-order valence-electron chi connectivity index (χ3n) is 23.7. The van der Waals surface area contributed by atoms with Gasteiger partial charge in [-0.25, -0.2) is 0 Å². The Hall–Kier alpha value is -1.54. The second kappa shape index (κ2) is 29.7. The largest absolute Gasteiger partial charge is 0.394 e. The fraction of sp³-hybridized carbons (Fsp3) is 0.968. The maximum Gasteiger partial charge on any atom is 0.187 e. The smallest absolute Gasteiger partial charge is 0.187 e. The van der Waals surface area contributed by atoms with Crippen molar-refractivity contribution in [1.82, 2.24) is 0 Å². The third kappa shape index (κ3) is 13.9. The number of aliphatic hydroxyl groups is 19. The zero-order valence-corrected chi connectivity index (χ0v) is 54.2. The van der Waals surface area contributed by atoms with E-state index in [2.05, 4.69) is 26.8 Å². The highest BCUT2D eigenvalue weighted by molar-refractivity contribution is 5.26. The molecule has 0 radical (unpaired) electrons. The van der Waals surface area contributed by atoms with Crippen molar-refractivity contribution in [3.05, 3.63) is 11.6 Å². The maximum atomic E-state index is 12.7. The number of rotatable bonds is 20. The van der Waals surface area contributed by atoms with E-state index in [0.717, 1.165) is 31.3 Å². The van der Waals surface area contributed by atoms with E-state index in [9.17, 15) is 97.0 Å². The van der Waals surface area contributed by atoms with Gasteiger partial charge in [0.1, 0.15) is 134 Å². The molecule has 41 atom stereocenters. The molecule has 11 aliphatic rings. The van der Waals surface area contributed by atoms with Crippen molar-refractivity contribution in [1.29, 1.82) is 0 Å². The average molecular weight is 1370 g/mol. The molecule has 32 heteroatoms. The molecule has 0 spiro atoms. The van der Waals surface area contributed by atoms with Crippen LogP contribution in [-0.4, -0.2) is 332 Å². The van der Waals surface area contributed by atoms with Crippen LogP contribution < -0.4 is 0 Å². The van der Waals surface area contributed by atoms with Crippen molar-refractivity contribution in [3.8, 4) is 0 Å². The van der Waals surface area contributed by atoms with Crippen molar-refractivity contribution in [2.24, 2.45) is 46.3 Å². The summed E-state index contributed by atoms with van der Waals surface area (Å²) in [7, 11) is 0. The Kier molecular flexibility index (Phi) is 23.3. The van der Waals surface area contributed by atoms with Crippen molar-refractivity contribution in [2.45, 2.75) is 302 Å². The molecule has 0 bridgehead atoms. The molecule has 548 valence electrons. The van der Waals surface area contributed by atoms with Gasteiger partial charge >= 0.3 is 0 Å². The maximum absolute atomic E-state index is 12.7. The number of allylic oxidation sites excluding steroid dienone is 1. The van der Waals surface area contributed by atoms with Gasteiger partial charge < -0.3 is 159 Å². The van der Waals surface area contributed by atoms with Gasteiger partial charge in [-0.3, -0.25) is 0 Å². The Bertz CT molecular complexity index is 2540. The van der Waals surface area contributed by atoms with Crippen LogP contribution in [0.15, 0.2) is 11.6 Å². The van der Waals surface area contributed by atoms with E-state index in [1.807, 2.05) is 6.92 Å². The second-order valence-electron chi connectivity index (χ2n) is 29.4. The monoisotopic (exact) mass is 1370 g/mol. The van der Waals surface area contributed by atoms with E-state index in [-0.39, 0.29) is 53.1 Å². The summed E-state index contributed by atoms with van der Waals surface area (Å²) >= 11 is 0. The van der Waals surface area contributed by atoms with E-state index >= 15 is 0 Å². The zero-order valence-electron chi connectivity index (χ0n) is 54.2. The van der Waals surface area contributed by atoms with Crippen LogP contribution in [0.3, 0.4) is 0 Å². The first-order chi connectivity index (χ1) is 44.9. The van der Waals surface area contributed by atoms with E-state index in [1.165, 1.54) is 13.8 Å². The number of hydrogen-bond acceptors (Lipinski definition) is 32. The van der Waals surface area contributed by atoms with Crippen LogP contribution in [0.2, 0.25) is 0 Å². The molecule has 0 aromatic carbocycles. The molecule has 2 unspecified atom stereocenters. The molecule has 4 aliphatic carbocycles. The Morgan fingerprint density at radius 3 is 1.57 bits per heavy atom. The number of fused-ring (bicyclic) bond motifs is 7. The van der Waals surface area contributed by atoms with Crippen molar-refractivity contribution >= 4 is 0 Å².